The molecule has 2 fully saturated rings. The molecule has 2 saturated carbocycles. The lowest BCUT2D eigenvalue weighted by atomic mass is 9.71. The number of fused-ring (bicyclic) bond motifs is 2. The molecule has 0 aromatic heterocycles. The van der Waals surface area contributed by atoms with Crippen molar-refractivity contribution in [2.24, 2.45) is 17.3 Å². The summed E-state index contributed by atoms with van der Waals surface area (Å²) in [4.78, 5) is 0. The highest BCUT2D eigenvalue weighted by molar-refractivity contribution is 5.27. The summed E-state index contributed by atoms with van der Waals surface area (Å²) in [5.74, 6) is 0.352. The first-order chi connectivity index (χ1) is 5.46. The van der Waals surface area contributed by atoms with Crippen molar-refractivity contribution < 1.29 is 10.2 Å². The van der Waals surface area contributed by atoms with E-state index in [2.05, 4.69) is 20.4 Å². The third kappa shape index (κ3) is 0.723. The topological polar surface area (TPSA) is 40.5 Å². The fourth-order valence-corrected chi connectivity index (χ4v) is 2.81. The molecule has 0 aromatic carbocycles. The van der Waals surface area contributed by atoms with Crippen molar-refractivity contribution in [3.05, 3.63) is 12.2 Å². The van der Waals surface area contributed by atoms with E-state index in [1.807, 2.05) is 0 Å². The van der Waals surface area contributed by atoms with Crippen LogP contribution < -0.4 is 0 Å². The maximum absolute atomic E-state index is 9.65. The van der Waals surface area contributed by atoms with Crippen LogP contribution in [0.1, 0.15) is 20.3 Å². The number of hydrogen-bond acceptors (Lipinski definition) is 2. The van der Waals surface area contributed by atoms with Gasteiger partial charge in [-0.25, -0.2) is 0 Å². The summed E-state index contributed by atoms with van der Waals surface area (Å²) in [5, 5.41) is 19.2. The van der Waals surface area contributed by atoms with E-state index in [0.717, 1.165) is 12.0 Å². The van der Waals surface area contributed by atoms with E-state index in [0.29, 0.717) is 0 Å². The highest BCUT2D eigenvalue weighted by Gasteiger charge is 2.57. The molecule has 2 heteroatoms. The quantitative estimate of drug-likeness (QED) is 0.528. The van der Waals surface area contributed by atoms with Crippen molar-refractivity contribution in [3.8, 4) is 0 Å². The van der Waals surface area contributed by atoms with Crippen LogP contribution in [0, 0.1) is 17.3 Å². The van der Waals surface area contributed by atoms with Gasteiger partial charge >= 0.3 is 0 Å². The second kappa shape index (κ2) is 2.12. The normalized spacial score (nSPS) is 50.2. The van der Waals surface area contributed by atoms with Crippen LogP contribution in [-0.4, -0.2) is 22.4 Å². The molecule has 0 saturated heterocycles. The fraction of sp³-hybridized carbons (Fsp3) is 0.800. The maximum Gasteiger partial charge on any atom is 0.0867 e. The first-order valence-electron chi connectivity index (χ1n) is 4.51. The van der Waals surface area contributed by atoms with Crippen LogP contribution in [0.15, 0.2) is 12.2 Å². The molecule has 2 aliphatic carbocycles. The molecular formula is C10H16O2. The minimum absolute atomic E-state index is 0.0172. The predicted octanol–water partition coefficient (Wildman–Crippen LogP) is 0.940. The molecule has 2 N–H and O–H groups in total. The average Bonchev–Trinajstić information content (AvgIpc) is 2.38. The van der Waals surface area contributed by atoms with E-state index in [1.165, 1.54) is 0 Å². The Morgan fingerprint density at radius 1 is 1.33 bits per heavy atom. The molecule has 0 radical (unpaired) electrons. The molecular weight excluding hydrogens is 152 g/mol. The summed E-state index contributed by atoms with van der Waals surface area (Å²) in [5.41, 5.74) is 1.13. The second-order valence-electron chi connectivity index (χ2n) is 4.68. The van der Waals surface area contributed by atoms with Gasteiger partial charge in [-0.1, -0.05) is 26.0 Å². The Balaban J connectivity index is 2.36. The Bertz CT molecular complexity index is 232. The number of rotatable bonds is 0. The van der Waals surface area contributed by atoms with Gasteiger partial charge in [-0.15, -0.1) is 0 Å². The summed E-state index contributed by atoms with van der Waals surface area (Å²) in [6.45, 7) is 8.22. The van der Waals surface area contributed by atoms with E-state index in [4.69, 9.17) is 0 Å². The summed E-state index contributed by atoms with van der Waals surface area (Å²) in [7, 11) is 0. The lowest BCUT2D eigenvalue weighted by Crippen LogP contribution is -2.41. The van der Waals surface area contributed by atoms with Gasteiger partial charge in [0.25, 0.3) is 0 Å². The largest absolute Gasteiger partial charge is 0.390 e. The number of aliphatic hydroxyl groups is 2. The Kier molecular flexibility index (Phi) is 1.46. The number of aliphatic hydroxyl groups excluding tert-OH is 2. The zero-order valence-electron chi connectivity index (χ0n) is 7.62. The summed E-state index contributed by atoms with van der Waals surface area (Å²) < 4.78 is 0. The summed E-state index contributed by atoms with van der Waals surface area (Å²) in [6, 6.07) is 0. The highest BCUT2D eigenvalue weighted by Crippen LogP contribution is 2.58. The van der Waals surface area contributed by atoms with Gasteiger partial charge < -0.3 is 10.2 Å². The van der Waals surface area contributed by atoms with Crippen LogP contribution in [0.2, 0.25) is 0 Å². The van der Waals surface area contributed by atoms with Gasteiger partial charge in [-0.2, -0.15) is 0 Å². The van der Waals surface area contributed by atoms with Gasteiger partial charge in [0, 0.05) is 5.92 Å². The van der Waals surface area contributed by atoms with Crippen molar-refractivity contribution >= 4 is 0 Å². The van der Waals surface area contributed by atoms with Crippen LogP contribution >= 0.6 is 0 Å². The smallest absolute Gasteiger partial charge is 0.0867 e. The molecule has 0 heterocycles. The molecule has 0 amide bonds. The molecule has 4 atom stereocenters. The average molecular weight is 168 g/mol. The van der Waals surface area contributed by atoms with Gasteiger partial charge in [0.2, 0.25) is 0 Å². The van der Waals surface area contributed by atoms with Crippen LogP contribution in [0.3, 0.4) is 0 Å². The minimum atomic E-state index is -0.560. The number of hydrogen-bond donors (Lipinski definition) is 2. The van der Waals surface area contributed by atoms with Gasteiger partial charge in [-0.3, -0.25) is 0 Å². The Hall–Kier alpha value is -0.340. The van der Waals surface area contributed by atoms with Crippen LogP contribution in [0.4, 0.5) is 0 Å². The Morgan fingerprint density at radius 2 is 1.92 bits per heavy atom. The second-order valence-corrected chi connectivity index (χ2v) is 4.68. The predicted molar refractivity (Wildman–Crippen MR) is 46.5 cm³/mol. The fourth-order valence-electron chi connectivity index (χ4n) is 2.81. The van der Waals surface area contributed by atoms with Gasteiger partial charge in [-0.05, 0) is 17.8 Å². The van der Waals surface area contributed by atoms with Crippen LogP contribution in [0.5, 0.6) is 0 Å². The monoisotopic (exact) mass is 168 g/mol. The van der Waals surface area contributed by atoms with E-state index in [9.17, 15) is 10.2 Å². The van der Waals surface area contributed by atoms with Crippen LogP contribution in [0.25, 0.3) is 0 Å². The van der Waals surface area contributed by atoms with Gasteiger partial charge in [0.05, 0.1) is 12.2 Å². The van der Waals surface area contributed by atoms with E-state index in [1.54, 1.807) is 0 Å². The maximum atomic E-state index is 9.65. The molecule has 4 unspecified atom stereocenters. The third-order valence-electron chi connectivity index (χ3n) is 3.88. The molecule has 0 spiro atoms. The molecule has 68 valence electrons. The van der Waals surface area contributed by atoms with Crippen LogP contribution in [-0.2, 0) is 0 Å². The molecule has 2 nitrogen and oxygen atoms in total. The molecule has 0 aromatic rings. The van der Waals surface area contributed by atoms with Crippen molar-refractivity contribution in [2.75, 3.05) is 0 Å². The van der Waals surface area contributed by atoms with Gasteiger partial charge in [0.1, 0.15) is 0 Å². The SMILES string of the molecule is C=C1C2CC(C(O)C2O)C1(C)C. The van der Waals surface area contributed by atoms with Crippen molar-refractivity contribution in [1.29, 1.82) is 0 Å². The summed E-state index contributed by atoms with van der Waals surface area (Å²) >= 11 is 0. The lowest BCUT2D eigenvalue weighted by molar-refractivity contribution is -0.0316. The highest BCUT2D eigenvalue weighted by atomic mass is 16.3. The molecule has 12 heavy (non-hydrogen) atoms. The van der Waals surface area contributed by atoms with Gasteiger partial charge in [0.15, 0.2) is 0 Å². The Morgan fingerprint density at radius 3 is 2.33 bits per heavy atom. The molecule has 2 rings (SSSR count). The summed E-state index contributed by atoms with van der Waals surface area (Å²) in [6.07, 6.45) is -0.181. The Labute approximate surface area is 72.9 Å². The zero-order valence-corrected chi connectivity index (χ0v) is 7.62. The standard InChI is InChI=1S/C10H16O2/c1-5-6-4-7(10(5,2)3)9(12)8(6)11/h6-9,11-12H,1,4H2,2-3H3. The third-order valence-corrected chi connectivity index (χ3v) is 3.88. The zero-order chi connectivity index (χ0) is 9.09. The van der Waals surface area contributed by atoms with Crippen molar-refractivity contribution in [2.45, 2.75) is 32.5 Å². The molecule has 2 bridgehead atoms. The first kappa shape index (κ1) is 8.27. The first-order valence-corrected chi connectivity index (χ1v) is 4.51. The van der Waals surface area contributed by atoms with Crippen molar-refractivity contribution in [3.63, 3.8) is 0 Å². The minimum Gasteiger partial charge on any atom is -0.390 e. The van der Waals surface area contributed by atoms with Crippen molar-refractivity contribution in [1.82, 2.24) is 0 Å². The lowest BCUT2D eigenvalue weighted by Gasteiger charge is -2.37. The van der Waals surface area contributed by atoms with E-state index in [-0.39, 0.29) is 17.3 Å². The van der Waals surface area contributed by atoms with E-state index < -0.39 is 12.2 Å². The molecule has 2 aliphatic rings. The molecule has 0 aliphatic heterocycles. The van der Waals surface area contributed by atoms with E-state index >= 15 is 0 Å².